The maximum atomic E-state index is 11.7. The second-order valence-corrected chi connectivity index (χ2v) is 5.21. The highest BCUT2D eigenvalue weighted by Crippen LogP contribution is 2.44. The van der Waals surface area contributed by atoms with E-state index in [4.69, 9.17) is 10.5 Å². The number of thioether (sulfide) groups is 1. The Hall–Kier alpha value is -2.09. The number of carboxylic acid groups (broad SMARTS) is 1. The summed E-state index contributed by atoms with van der Waals surface area (Å²) in [5, 5.41) is 8.58. The number of carboxylic acids is 1. The summed E-state index contributed by atoms with van der Waals surface area (Å²) in [6.45, 7) is 0.731. The van der Waals surface area contributed by atoms with Gasteiger partial charge in [-0.3, -0.25) is 14.5 Å². The van der Waals surface area contributed by atoms with Gasteiger partial charge in [0.2, 0.25) is 5.91 Å². The molecule has 0 aromatic rings. The van der Waals surface area contributed by atoms with Crippen LogP contribution in [0.5, 0.6) is 0 Å². The molecule has 2 aliphatic heterocycles. The highest BCUT2D eigenvalue weighted by atomic mass is 32.2. The first kappa shape index (κ1) is 14.3. The molecule has 0 aromatic heterocycles. The van der Waals surface area contributed by atoms with Gasteiger partial charge < -0.3 is 15.6 Å². The van der Waals surface area contributed by atoms with Gasteiger partial charge in [0.25, 0.3) is 0 Å². The number of hydrogen-bond acceptors (Lipinski definition) is 7. The third-order valence-electron chi connectivity index (χ3n) is 2.84. The molecule has 106 valence electrons. The SMILES string of the molecule is CC(=O)OCC1=C(C(=O)O)N2C(=O)C(N)[C@H]2SC1=C=O. The van der Waals surface area contributed by atoms with E-state index in [0.29, 0.717) is 0 Å². The van der Waals surface area contributed by atoms with Crippen LogP contribution in [0.25, 0.3) is 0 Å². The molecular formula is C11H10N2O6S. The van der Waals surface area contributed by atoms with Gasteiger partial charge in [-0.15, -0.1) is 0 Å². The minimum Gasteiger partial charge on any atom is -0.477 e. The Labute approximate surface area is 117 Å². The van der Waals surface area contributed by atoms with Gasteiger partial charge in [0.15, 0.2) is 0 Å². The van der Waals surface area contributed by atoms with Crippen molar-refractivity contribution in [2.75, 3.05) is 6.61 Å². The van der Waals surface area contributed by atoms with Gasteiger partial charge >= 0.3 is 11.9 Å². The highest BCUT2D eigenvalue weighted by Gasteiger charge is 2.53. The topological polar surface area (TPSA) is 127 Å². The lowest BCUT2D eigenvalue weighted by atomic mass is 10.0. The molecule has 1 unspecified atom stereocenters. The number of carbonyl (C=O) groups excluding carboxylic acids is 3. The second-order valence-electron chi connectivity index (χ2n) is 4.09. The molecule has 2 atom stereocenters. The van der Waals surface area contributed by atoms with E-state index in [2.05, 4.69) is 0 Å². The van der Waals surface area contributed by atoms with Crippen molar-refractivity contribution in [3.63, 3.8) is 0 Å². The minimum atomic E-state index is -1.40. The Morgan fingerprint density at radius 2 is 2.20 bits per heavy atom. The molecule has 2 heterocycles. The summed E-state index contributed by atoms with van der Waals surface area (Å²) in [5.41, 5.74) is 5.13. The van der Waals surface area contributed by atoms with Crippen LogP contribution in [0.1, 0.15) is 6.92 Å². The quantitative estimate of drug-likeness (QED) is 0.380. The molecule has 2 rings (SSSR count). The molecule has 0 saturated carbocycles. The van der Waals surface area contributed by atoms with E-state index < -0.39 is 35.9 Å². The molecular weight excluding hydrogens is 288 g/mol. The number of nitrogens with two attached hydrogens (primary N) is 1. The van der Waals surface area contributed by atoms with Crippen LogP contribution in [0.2, 0.25) is 0 Å². The number of carbonyl (C=O) groups is 3. The van der Waals surface area contributed by atoms with Gasteiger partial charge in [-0.2, -0.15) is 0 Å². The Bertz CT molecular complexity index is 592. The zero-order chi connectivity index (χ0) is 15.0. The molecule has 0 bridgehead atoms. The van der Waals surface area contributed by atoms with E-state index in [0.717, 1.165) is 23.6 Å². The normalized spacial score (nSPS) is 24.8. The number of hydrogen-bond donors (Lipinski definition) is 2. The third-order valence-corrected chi connectivity index (χ3v) is 4.15. The van der Waals surface area contributed by atoms with Gasteiger partial charge in [-0.05, 0) is 0 Å². The highest BCUT2D eigenvalue weighted by molar-refractivity contribution is 8.04. The van der Waals surface area contributed by atoms with E-state index in [9.17, 15) is 24.3 Å². The van der Waals surface area contributed by atoms with E-state index in [1.54, 1.807) is 5.94 Å². The summed E-state index contributed by atoms with van der Waals surface area (Å²) < 4.78 is 4.72. The molecule has 9 heteroatoms. The molecule has 1 saturated heterocycles. The van der Waals surface area contributed by atoms with Crippen molar-refractivity contribution in [3.8, 4) is 0 Å². The van der Waals surface area contributed by atoms with Crippen LogP contribution in [-0.2, 0) is 23.9 Å². The molecule has 2 aliphatic rings. The lowest BCUT2D eigenvalue weighted by molar-refractivity contribution is -0.148. The van der Waals surface area contributed by atoms with E-state index in [1.807, 2.05) is 0 Å². The minimum absolute atomic E-state index is 0.0205. The number of ether oxygens (including phenoxy) is 1. The summed E-state index contributed by atoms with van der Waals surface area (Å²) in [6.07, 6.45) is 0. The fraction of sp³-hybridized carbons (Fsp3) is 0.364. The van der Waals surface area contributed by atoms with Crippen LogP contribution in [0.4, 0.5) is 0 Å². The van der Waals surface area contributed by atoms with Crippen molar-refractivity contribution in [2.24, 2.45) is 5.73 Å². The maximum Gasteiger partial charge on any atom is 0.353 e. The second kappa shape index (κ2) is 5.12. The van der Waals surface area contributed by atoms with Crippen molar-refractivity contribution < 1.29 is 29.0 Å². The Balaban J connectivity index is 2.48. The van der Waals surface area contributed by atoms with Crippen molar-refractivity contribution in [1.82, 2.24) is 4.90 Å². The first-order chi connectivity index (χ1) is 9.38. The summed E-state index contributed by atoms with van der Waals surface area (Å²) >= 11 is 0.935. The lowest BCUT2D eigenvalue weighted by Gasteiger charge is -2.47. The van der Waals surface area contributed by atoms with Gasteiger partial charge in [0, 0.05) is 12.5 Å². The number of fused-ring (bicyclic) bond motifs is 1. The van der Waals surface area contributed by atoms with Gasteiger partial charge in [-0.25, -0.2) is 9.59 Å². The molecule has 1 fully saturated rings. The molecule has 1 amide bonds. The molecule has 3 N–H and O–H groups in total. The summed E-state index contributed by atoms with van der Waals surface area (Å²) in [5.74, 6) is -0.975. The molecule has 0 radical (unpaired) electrons. The number of nitrogens with zero attached hydrogens (tertiary/aromatic N) is 1. The van der Waals surface area contributed by atoms with Crippen LogP contribution in [0.15, 0.2) is 16.2 Å². The predicted molar refractivity (Wildman–Crippen MR) is 66.7 cm³/mol. The summed E-state index contributed by atoms with van der Waals surface area (Å²) in [7, 11) is 0. The standard InChI is InChI=1S/C11H10N2O6S/c1-4(15)19-3-5-6(2-14)20-10-7(12)9(16)13(10)8(5)11(17)18/h7,10H,3,12H2,1H3,(H,17,18)/t7?,10-/m1/s1. The first-order valence-corrected chi connectivity index (χ1v) is 6.37. The predicted octanol–water partition coefficient (Wildman–Crippen LogP) is -1.15. The number of aliphatic carboxylic acids is 1. The van der Waals surface area contributed by atoms with Crippen molar-refractivity contribution >= 4 is 35.5 Å². The fourth-order valence-electron chi connectivity index (χ4n) is 1.92. The van der Waals surface area contributed by atoms with Gasteiger partial charge in [0.05, 0.1) is 0 Å². The number of β-lactam (4-membered cyclic amide) rings is 1. The van der Waals surface area contributed by atoms with Crippen LogP contribution in [-0.4, -0.2) is 51.8 Å². The molecule has 0 aliphatic carbocycles. The average molecular weight is 298 g/mol. The number of esters is 1. The monoisotopic (exact) mass is 298 g/mol. The molecule has 0 aromatic carbocycles. The van der Waals surface area contributed by atoms with Crippen molar-refractivity contribution in [1.29, 1.82) is 0 Å². The zero-order valence-corrected chi connectivity index (χ0v) is 11.1. The summed E-state index contributed by atoms with van der Waals surface area (Å²) in [4.78, 5) is 45.7. The van der Waals surface area contributed by atoms with E-state index >= 15 is 0 Å². The summed E-state index contributed by atoms with van der Waals surface area (Å²) in [6, 6.07) is -0.868. The average Bonchev–Trinajstić information content (AvgIpc) is 2.41. The largest absolute Gasteiger partial charge is 0.477 e. The fourth-order valence-corrected chi connectivity index (χ4v) is 3.09. The molecule has 0 spiro atoms. The van der Waals surface area contributed by atoms with Crippen LogP contribution < -0.4 is 5.73 Å². The van der Waals surface area contributed by atoms with E-state index in [1.165, 1.54) is 0 Å². The van der Waals surface area contributed by atoms with Crippen molar-refractivity contribution in [3.05, 3.63) is 16.2 Å². The third kappa shape index (κ3) is 2.11. The lowest BCUT2D eigenvalue weighted by Crippen LogP contribution is -2.68. The van der Waals surface area contributed by atoms with Gasteiger partial charge in [0.1, 0.15) is 34.6 Å². The van der Waals surface area contributed by atoms with Crippen LogP contribution in [0, 0.1) is 0 Å². The Kier molecular flexibility index (Phi) is 3.67. The van der Waals surface area contributed by atoms with Gasteiger partial charge in [-0.1, -0.05) is 11.8 Å². The Morgan fingerprint density at radius 3 is 2.70 bits per heavy atom. The van der Waals surface area contributed by atoms with E-state index in [-0.39, 0.29) is 16.2 Å². The van der Waals surface area contributed by atoms with Crippen LogP contribution >= 0.6 is 11.8 Å². The van der Waals surface area contributed by atoms with Crippen LogP contribution in [0.3, 0.4) is 0 Å². The molecule has 8 nitrogen and oxygen atoms in total. The smallest absolute Gasteiger partial charge is 0.353 e. The number of amides is 1. The van der Waals surface area contributed by atoms with Crippen molar-refractivity contribution in [2.45, 2.75) is 18.3 Å². The Morgan fingerprint density at radius 1 is 1.55 bits per heavy atom. The zero-order valence-electron chi connectivity index (χ0n) is 10.3. The maximum absolute atomic E-state index is 11.7. The first-order valence-electron chi connectivity index (χ1n) is 5.49. The number of rotatable bonds is 3. The molecule has 20 heavy (non-hydrogen) atoms.